The molecule has 2 fully saturated rings. The van der Waals surface area contributed by atoms with Crippen molar-refractivity contribution in [2.24, 2.45) is 23.5 Å². The van der Waals surface area contributed by atoms with E-state index in [1.54, 1.807) is 0 Å². The van der Waals surface area contributed by atoms with E-state index < -0.39 is 0 Å². The van der Waals surface area contributed by atoms with Gasteiger partial charge in [0.1, 0.15) is 0 Å². The number of hydrogen-bond donors (Lipinski definition) is 1. The highest BCUT2D eigenvalue weighted by Crippen LogP contribution is 2.42. The fourth-order valence-corrected chi connectivity index (χ4v) is 3.47. The van der Waals surface area contributed by atoms with E-state index in [4.69, 9.17) is 10.3 Å². The lowest BCUT2D eigenvalue weighted by atomic mass is 9.85. The predicted octanol–water partition coefficient (Wildman–Crippen LogP) is 1.61. The van der Waals surface area contributed by atoms with Gasteiger partial charge in [0.15, 0.2) is 5.82 Å². The first kappa shape index (κ1) is 12.0. The Morgan fingerprint density at radius 3 is 2.50 bits per heavy atom. The Morgan fingerprint density at radius 2 is 2.00 bits per heavy atom. The highest BCUT2D eigenvalue weighted by atomic mass is 16.5. The van der Waals surface area contributed by atoms with Crippen molar-refractivity contribution < 1.29 is 4.52 Å². The van der Waals surface area contributed by atoms with Crippen LogP contribution in [-0.4, -0.2) is 29.8 Å². The third-order valence-corrected chi connectivity index (χ3v) is 4.52. The van der Waals surface area contributed by atoms with Gasteiger partial charge in [0.25, 0.3) is 0 Å². The maximum absolute atomic E-state index is 5.88. The zero-order chi connectivity index (χ0) is 12.7. The first-order valence-electron chi connectivity index (χ1n) is 6.97. The molecule has 2 aliphatic rings. The second kappa shape index (κ2) is 4.53. The van der Waals surface area contributed by atoms with Crippen LogP contribution < -0.4 is 10.6 Å². The summed E-state index contributed by atoms with van der Waals surface area (Å²) in [5.74, 6) is 3.25. The zero-order valence-electron chi connectivity index (χ0n) is 11.2. The van der Waals surface area contributed by atoms with Crippen LogP contribution in [0.2, 0.25) is 0 Å². The van der Waals surface area contributed by atoms with E-state index in [0.717, 1.165) is 25.5 Å². The van der Waals surface area contributed by atoms with E-state index in [0.29, 0.717) is 29.7 Å². The van der Waals surface area contributed by atoms with Crippen LogP contribution in [0.4, 0.5) is 6.01 Å². The van der Waals surface area contributed by atoms with Crippen LogP contribution in [0.25, 0.3) is 0 Å². The molecule has 18 heavy (non-hydrogen) atoms. The molecule has 1 saturated heterocycles. The Kier molecular flexibility index (Phi) is 3.01. The van der Waals surface area contributed by atoms with Gasteiger partial charge >= 0.3 is 6.01 Å². The predicted molar refractivity (Wildman–Crippen MR) is 69.4 cm³/mol. The summed E-state index contributed by atoms with van der Waals surface area (Å²) in [5, 5.41) is 4.05. The topological polar surface area (TPSA) is 68.2 Å². The van der Waals surface area contributed by atoms with Gasteiger partial charge in [0.2, 0.25) is 0 Å². The molecule has 0 radical (unpaired) electrons. The van der Waals surface area contributed by atoms with Gasteiger partial charge in [-0.3, -0.25) is 0 Å². The molecule has 2 heterocycles. The average molecular weight is 250 g/mol. The Balaban J connectivity index is 1.75. The van der Waals surface area contributed by atoms with E-state index in [1.807, 2.05) is 0 Å². The van der Waals surface area contributed by atoms with Crippen LogP contribution in [0.1, 0.15) is 38.4 Å². The lowest BCUT2D eigenvalue weighted by Crippen LogP contribution is -2.44. The van der Waals surface area contributed by atoms with E-state index in [1.165, 1.54) is 12.8 Å². The van der Waals surface area contributed by atoms with Gasteiger partial charge in [0.05, 0.1) is 0 Å². The van der Waals surface area contributed by atoms with Crippen LogP contribution in [0.5, 0.6) is 0 Å². The molecule has 2 bridgehead atoms. The van der Waals surface area contributed by atoms with Gasteiger partial charge in [-0.25, -0.2) is 0 Å². The van der Waals surface area contributed by atoms with Crippen LogP contribution in [0.15, 0.2) is 4.52 Å². The standard InChI is InChI=1S/C13H22N4O/c1-8(2)12-15-13(18-16-12)17-6-9-3-4-10(7-17)11(9)5-14/h8-11H,3-7,14H2,1-2H3. The first-order valence-corrected chi connectivity index (χ1v) is 6.97. The van der Waals surface area contributed by atoms with Crippen molar-refractivity contribution >= 4 is 6.01 Å². The number of rotatable bonds is 3. The molecule has 2 unspecified atom stereocenters. The molecular weight excluding hydrogens is 228 g/mol. The molecule has 5 heteroatoms. The summed E-state index contributed by atoms with van der Waals surface area (Å²) < 4.78 is 5.39. The van der Waals surface area contributed by atoms with Gasteiger partial charge in [-0.05, 0) is 37.1 Å². The number of piperidine rings is 1. The molecule has 1 saturated carbocycles. The quantitative estimate of drug-likeness (QED) is 0.882. The number of fused-ring (bicyclic) bond motifs is 2. The Labute approximate surface area is 108 Å². The largest absolute Gasteiger partial charge is 0.330 e. The van der Waals surface area contributed by atoms with E-state index in [2.05, 4.69) is 28.9 Å². The van der Waals surface area contributed by atoms with Crippen LogP contribution >= 0.6 is 0 Å². The molecule has 1 aromatic rings. The van der Waals surface area contributed by atoms with Crippen molar-refractivity contribution in [3.8, 4) is 0 Å². The Bertz CT molecular complexity index is 403. The molecule has 1 aliphatic carbocycles. The van der Waals surface area contributed by atoms with Gasteiger partial charge < -0.3 is 15.2 Å². The molecule has 0 aromatic carbocycles. The van der Waals surface area contributed by atoms with Crippen molar-refractivity contribution in [2.45, 2.75) is 32.6 Å². The second-order valence-corrected chi connectivity index (χ2v) is 5.99. The van der Waals surface area contributed by atoms with Crippen molar-refractivity contribution in [1.82, 2.24) is 10.1 Å². The number of nitrogens with zero attached hydrogens (tertiary/aromatic N) is 3. The Hall–Kier alpha value is -1.10. The SMILES string of the molecule is CC(C)c1noc(N2CC3CCC(C2)C3CN)n1. The van der Waals surface area contributed by atoms with E-state index in [-0.39, 0.29) is 0 Å². The summed E-state index contributed by atoms with van der Waals surface area (Å²) in [7, 11) is 0. The summed E-state index contributed by atoms with van der Waals surface area (Å²) in [6.07, 6.45) is 2.60. The number of aromatic nitrogens is 2. The minimum atomic E-state index is 0.320. The minimum absolute atomic E-state index is 0.320. The van der Waals surface area contributed by atoms with Crippen molar-refractivity contribution in [3.05, 3.63) is 5.82 Å². The maximum atomic E-state index is 5.88. The molecule has 2 N–H and O–H groups in total. The monoisotopic (exact) mass is 250 g/mol. The molecule has 3 rings (SSSR count). The van der Waals surface area contributed by atoms with Crippen molar-refractivity contribution in [3.63, 3.8) is 0 Å². The summed E-state index contributed by atoms with van der Waals surface area (Å²) in [6, 6.07) is 0.700. The van der Waals surface area contributed by atoms with Gasteiger partial charge in [-0.2, -0.15) is 4.98 Å². The lowest BCUT2D eigenvalue weighted by molar-refractivity contribution is 0.265. The van der Waals surface area contributed by atoms with Gasteiger partial charge in [-0.1, -0.05) is 19.0 Å². The van der Waals surface area contributed by atoms with E-state index >= 15 is 0 Å². The molecule has 100 valence electrons. The summed E-state index contributed by atoms with van der Waals surface area (Å²) in [4.78, 5) is 6.76. The van der Waals surface area contributed by atoms with Gasteiger partial charge in [-0.15, -0.1) is 0 Å². The fraction of sp³-hybridized carbons (Fsp3) is 0.846. The third kappa shape index (κ3) is 1.90. The Morgan fingerprint density at radius 1 is 1.33 bits per heavy atom. The molecule has 0 amide bonds. The third-order valence-electron chi connectivity index (χ3n) is 4.52. The number of nitrogens with two attached hydrogens (primary N) is 1. The van der Waals surface area contributed by atoms with Crippen molar-refractivity contribution in [1.29, 1.82) is 0 Å². The molecule has 1 aliphatic heterocycles. The molecule has 2 atom stereocenters. The summed E-state index contributed by atoms with van der Waals surface area (Å²) in [5.41, 5.74) is 5.88. The average Bonchev–Trinajstić information content (AvgIpc) is 2.92. The minimum Gasteiger partial charge on any atom is -0.330 e. The van der Waals surface area contributed by atoms with Gasteiger partial charge in [0, 0.05) is 19.0 Å². The highest BCUT2D eigenvalue weighted by molar-refractivity contribution is 5.28. The zero-order valence-corrected chi connectivity index (χ0v) is 11.2. The van der Waals surface area contributed by atoms with E-state index in [9.17, 15) is 0 Å². The van der Waals surface area contributed by atoms with Crippen molar-refractivity contribution in [2.75, 3.05) is 24.5 Å². The summed E-state index contributed by atoms with van der Waals surface area (Å²) >= 11 is 0. The second-order valence-electron chi connectivity index (χ2n) is 5.99. The first-order chi connectivity index (χ1) is 8.69. The normalized spacial score (nSPS) is 31.3. The number of anilines is 1. The maximum Gasteiger partial charge on any atom is 0.324 e. The summed E-state index contributed by atoms with van der Waals surface area (Å²) in [6.45, 7) is 7.04. The molecule has 1 aromatic heterocycles. The molecule has 0 spiro atoms. The lowest BCUT2D eigenvalue weighted by Gasteiger charge is -2.36. The highest BCUT2D eigenvalue weighted by Gasteiger charge is 2.42. The molecule has 5 nitrogen and oxygen atoms in total. The van der Waals surface area contributed by atoms with Crippen LogP contribution in [0.3, 0.4) is 0 Å². The molecular formula is C13H22N4O. The fourth-order valence-electron chi connectivity index (χ4n) is 3.47. The number of hydrogen-bond acceptors (Lipinski definition) is 5. The smallest absolute Gasteiger partial charge is 0.324 e. The van der Waals surface area contributed by atoms with Crippen LogP contribution in [0, 0.1) is 17.8 Å². The van der Waals surface area contributed by atoms with Crippen LogP contribution in [-0.2, 0) is 0 Å².